The fraction of sp³-hybridized carbons (Fsp3) is 0.0508. The molecule has 0 amide bonds. The quantitative estimate of drug-likeness (QED) is 0.161. The van der Waals surface area contributed by atoms with Crippen molar-refractivity contribution in [1.82, 2.24) is 4.57 Å². The average molecular weight is 807 g/mol. The molecule has 1 unspecified atom stereocenters. The smallest absolute Gasteiger partial charge is 0.113 e. The number of hydrogen-bond donors (Lipinski definition) is 0. The highest BCUT2D eigenvalue weighted by Crippen LogP contribution is 2.56. The Morgan fingerprint density at radius 2 is 0.984 bits per heavy atom. The van der Waals surface area contributed by atoms with E-state index in [0.29, 0.717) is 0 Å². The van der Waals surface area contributed by atoms with E-state index in [-0.39, 0.29) is 0 Å². The first-order valence-electron chi connectivity index (χ1n) is 21.8. The number of aromatic nitrogens is 1. The average Bonchev–Trinajstić information content (AvgIpc) is 3.65. The summed E-state index contributed by atoms with van der Waals surface area (Å²) >= 11 is 0. The molecular weight excluding hydrogens is 765 g/mol. The third kappa shape index (κ3) is 4.69. The van der Waals surface area contributed by atoms with Gasteiger partial charge in [0.05, 0.1) is 22.1 Å². The van der Waals surface area contributed by atoms with Crippen LogP contribution in [-0.4, -0.2) is 12.6 Å². The van der Waals surface area contributed by atoms with E-state index in [1.807, 2.05) is 0 Å². The number of fused-ring (bicyclic) bond motifs is 12. The maximum atomic E-state index is 2.57. The van der Waals surface area contributed by atoms with Crippen molar-refractivity contribution in [2.24, 2.45) is 0 Å². The maximum absolute atomic E-state index is 2.57. The minimum atomic E-state index is -2.29. The molecule has 10 aromatic carbocycles. The summed E-state index contributed by atoms with van der Waals surface area (Å²) in [6.45, 7) is 5.12. The van der Waals surface area contributed by atoms with Crippen LogP contribution < -0.4 is 15.3 Å². The first-order chi connectivity index (χ1) is 30.5. The predicted octanol–water partition coefficient (Wildman–Crippen LogP) is 14.1. The summed E-state index contributed by atoms with van der Waals surface area (Å²) in [6.07, 6.45) is 0. The van der Waals surface area contributed by atoms with Crippen molar-refractivity contribution in [2.75, 3.05) is 4.90 Å². The van der Waals surface area contributed by atoms with Gasteiger partial charge in [0.2, 0.25) is 0 Å². The van der Waals surface area contributed by atoms with Crippen molar-refractivity contribution in [3.8, 4) is 16.8 Å². The fourth-order valence-electron chi connectivity index (χ4n) is 11.6. The molecule has 11 aromatic rings. The van der Waals surface area contributed by atoms with Gasteiger partial charge in [-0.05, 0) is 108 Å². The summed E-state index contributed by atoms with van der Waals surface area (Å²) < 4.78 is 2.47. The largest absolute Gasteiger partial charge is 0.310 e. The third-order valence-corrected chi connectivity index (χ3v) is 17.8. The zero-order valence-corrected chi connectivity index (χ0v) is 35.7. The topological polar surface area (TPSA) is 8.17 Å². The highest BCUT2D eigenvalue weighted by Gasteiger charge is 2.52. The molecule has 3 heteroatoms. The standard InChI is InChI=1S/C59H42N2Si/c1-62(2)56-32-13-11-28-50(56)59(49-27-10-8-24-45(49)48-26-14-19-40-20-15-29-52(59)58(40)48)51-36-34-43(38-57(51)62)60(41-21-4-3-5-22-41)42-33-35-47-46-25-9-12-30-54(46)61(55(47)37-42)53-31-16-18-39-17-6-7-23-44(39)53/h3-38H,1-2H3. The first kappa shape index (κ1) is 35.3. The maximum Gasteiger partial charge on any atom is 0.113 e. The van der Waals surface area contributed by atoms with Crippen molar-refractivity contribution in [1.29, 1.82) is 0 Å². The van der Waals surface area contributed by atoms with E-state index < -0.39 is 13.5 Å². The normalized spacial score (nSPS) is 15.8. The molecule has 62 heavy (non-hydrogen) atoms. The molecule has 1 aliphatic carbocycles. The summed E-state index contributed by atoms with van der Waals surface area (Å²) in [7, 11) is -2.29. The Bertz CT molecular complexity index is 3630. The van der Waals surface area contributed by atoms with E-state index in [9.17, 15) is 0 Å². The van der Waals surface area contributed by atoms with Gasteiger partial charge in [-0.15, -0.1) is 0 Å². The third-order valence-electron chi connectivity index (χ3n) is 14.2. The molecule has 0 fully saturated rings. The highest BCUT2D eigenvalue weighted by atomic mass is 28.3. The van der Waals surface area contributed by atoms with Gasteiger partial charge in [0.15, 0.2) is 0 Å². The lowest BCUT2D eigenvalue weighted by Crippen LogP contribution is -2.63. The van der Waals surface area contributed by atoms with Gasteiger partial charge in [-0.3, -0.25) is 0 Å². The SMILES string of the molecule is C[Si]1(C)c2ccccc2C2(c3ccccc3-c3cccc4cccc2c34)c2ccc(N(c3ccccc3)c3ccc4c5ccccc5n(-c5cccc6ccccc56)c4c3)cc21. The van der Waals surface area contributed by atoms with Crippen molar-refractivity contribution in [2.45, 2.75) is 18.5 Å². The summed E-state index contributed by atoms with van der Waals surface area (Å²) in [6, 6.07) is 82.1. The van der Waals surface area contributed by atoms with E-state index in [2.05, 4.69) is 241 Å². The zero-order valence-electron chi connectivity index (χ0n) is 34.7. The van der Waals surface area contributed by atoms with Crippen molar-refractivity contribution in [3.63, 3.8) is 0 Å². The molecule has 0 bridgehead atoms. The van der Waals surface area contributed by atoms with Crippen molar-refractivity contribution >= 4 is 78.9 Å². The predicted molar refractivity (Wildman–Crippen MR) is 265 cm³/mol. The van der Waals surface area contributed by atoms with Gasteiger partial charge in [0.1, 0.15) is 8.07 Å². The van der Waals surface area contributed by atoms with Gasteiger partial charge in [0, 0.05) is 33.2 Å². The molecule has 1 aliphatic heterocycles. The number of benzene rings is 10. The van der Waals surface area contributed by atoms with Crippen molar-refractivity contribution < 1.29 is 0 Å². The fourth-order valence-corrected chi connectivity index (χ4v) is 14.8. The number of rotatable bonds is 4. The molecule has 2 nitrogen and oxygen atoms in total. The molecule has 2 aliphatic rings. The monoisotopic (exact) mass is 806 g/mol. The molecular formula is C59H42N2Si. The molecule has 0 saturated carbocycles. The second-order valence-electron chi connectivity index (χ2n) is 17.6. The highest BCUT2D eigenvalue weighted by molar-refractivity contribution is 7.01. The van der Waals surface area contributed by atoms with Crippen LogP contribution in [0.2, 0.25) is 13.1 Å². The Balaban J connectivity index is 1.09. The lowest BCUT2D eigenvalue weighted by molar-refractivity contribution is 0.754. The van der Waals surface area contributed by atoms with Crippen LogP contribution in [0.15, 0.2) is 218 Å². The van der Waals surface area contributed by atoms with E-state index in [1.54, 1.807) is 0 Å². The van der Waals surface area contributed by atoms with Crippen LogP contribution >= 0.6 is 0 Å². The molecule has 1 atom stereocenters. The van der Waals surface area contributed by atoms with Crippen LogP contribution in [0.1, 0.15) is 22.3 Å². The van der Waals surface area contributed by atoms with Gasteiger partial charge in [-0.2, -0.15) is 0 Å². The van der Waals surface area contributed by atoms with E-state index >= 15 is 0 Å². The number of anilines is 3. The summed E-state index contributed by atoms with van der Waals surface area (Å²) in [4.78, 5) is 2.48. The second kappa shape index (κ2) is 13.0. The summed E-state index contributed by atoms with van der Waals surface area (Å²) in [5.74, 6) is 0. The lowest BCUT2D eigenvalue weighted by Gasteiger charge is -2.50. The number of para-hydroxylation sites is 2. The van der Waals surface area contributed by atoms with Gasteiger partial charge in [-0.25, -0.2) is 0 Å². The molecule has 1 spiro atoms. The van der Waals surface area contributed by atoms with Gasteiger partial charge in [0.25, 0.3) is 0 Å². The Morgan fingerprint density at radius 1 is 0.387 bits per heavy atom. The lowest BCUT2D eigenvalue weighted by atomic mass is 9.59. The minimum absolute atomic E-state index is 0.479. The van der Waals surface area contributed by atoms with Gasteiger partial charge >= 0.3 is 0 Å². The second-order valence-corrected chi connectivity index (χ2v) is 22.0. The van der Waals surface area contributed by atoms with E-state index in [1.165, 1.54) is 98.5 Å². The Kier molecular flexibility index (Phi) is 7.41. The summed E-state index contributed by atoms with van der Waals surface area (Å²) in [5.41, 5.74) is 14.7. The van der Waals surface area contributed by atoms with E-state index in [4.69, 9.17) is 0 Å². The van der Waals surface area contributed by atoms with Crippen LogP contribution in [0.4, 0.5) is 17.1 Å². The molecule has 292 valence electrons. The van der Waals surface area contributed by atoms with Crippen LogP contribution in [0.5, 0.6) is 0 Å². The molecule has 13 rings (SSSR count). The number of nitrogens with zero attached hydrogens (tertiary/aromatic N) is 2. The Morgan fingerprint density at radius 3 is 1.87 bits per heavy atom. The Hall–Kier alpha value is -7.46. The van der Waals surface area contributed by atoms with Crippen molar-refractivity contribution in [3.05, 3.63) is 241 Å². The minimum Gasteiger partial charge on any atom is -0.310 e. The van der Waals surface area contributed by atoms with E-state index in [0.717, 1.165) is 11.4 Å². The zero-order chi connectivity index (χ0) is 41.2. The summed E-state index contributed by atoms with van der Waals surface area (Å²) in [5, 5.41) is 10.6. The molecule has 1 aromatic heterocycles. The van der Waals surface area contributed by atoms with Gasteiger partial charge in [-0.1, -0.05) is 183 Å². The van der Waals surface area contributed by atoms with Crippen LogP contribution in [0.25, 0.3) is 60.2 Å². The van der Waals surface area contributed by atoms with Gasteiger partial charge < -0.3 is 9.47 Å². The molecule has 0 N–H and O–H groups in total. The molecule has 2 heterocycles. The first-order valence-corrected chi connectivity index (χ1v) is 24.8. The number of hydrogen-bond acceptors (Lipinski definition) is 1. The molecule has 0 radical (unpaired) electrons. The van der Waals surface area contributed by atoms with Crippen LogP contribution in [0, 0.1) is 0 Å². The Labute approximate surface area is 362 Å². The van der Waals surface area contributed by atoms with Crippen LogP contribution in [0.3, 0.4) is 0 Å². The molecule has 0 saturated heterocycles. The van der Waals surface area contributed by atoms with Crippen LogP contribution in [-0.2, 0) is 5.41 Å².